The van der Waals surface area contributed by atoms with Crippen LogP contribution in [0.4, 0.5) is 0 Å². The lowest BCUT2D eigenvalue weighted by atomic mass is 9.83. The van der Waals surface area contributed by atoms with Crippen molar-refractivity contribution in [2.75, 3.05) is 0 Å². The van der Waals surface area contributed by atoms with Gasteiger partial charge in [-0.05, 0) is 48.6 Å². The number of hydrogen-bond acceptors (Lipinski definition) is 3. The van der Waals surface area contributed by atoms with Crippen LogP contribution in [0.1, 0.15) is 40.3 Å². The number of allylic oxidation sites excluding steroid dienone is 1. The van der Waals surface area contributed by atoms with Gasteiger partial charge in [0.25, 0.3) is 5.56 Å². The van der Waals surface area contributed by atoms with Crippen molar-refractivity contribution in [2.24, 2.45) is 4.99 Å². The van der Waals surface area contributed by atoms with E-state index in [1.807, 2.05) is 29.0 Å². The third-order valence-corrected chi connectivity index (χ3v) is 8.16. The number of hydrogen-bond donors (Lipinski definition) is 1. The zero-order valence-corrected chi connectivity index (χ0v) is 20.1. The lowest BCUT2D eigenvalue weighted by Crippen LogP contribution is -2.38. The van der Waals surface area contributed by atoms with E-state index in [1.54, 1.807) is 0 Å². The second-order valence-electron chi connectivity index (χ2n) is 9.31. The molecular formula is C30H23N3OS. The van der Waals surface area contributed by atoms with Gasteiger partial charge in [0.2, 0.25) is 0 Å². The van der Waals surface area contributed by atoms with Crippen molar-refractivity contribution in [3.63, 3.8) is 0 Å². The van der Waals surface area contributed by atoms with Crippen molar-refractivity contribution in [1.29, 1.82) is 0 Å². The number of aromatic nitrogens is 2. The second kappa shape index (κ2) is 7.79. The Morgan fingerprint density at radius 3 is 2.69 bits per heavy atom. The Balaban J connectivity index is 1.50. The molecular weight excluding hydrogens is 450 g/mol. The minimum Gasteiger partial charge on any atom is -0.361 e. The van der Waals surface area contributed by atoms with Crippen LogP contribution in [0.2, 0.25) is 0 Å². The molecule has 0 radical (unpaired) electrons. The van der Waals surface area contributed by atoms with Gasteiger partial charge in [-0.15, -0.1) is 0 Å². The Labute approximate surface area is 206 Å². The van der Waals surface area contributed by atoms with Crippen LogP contribution in [0.5, 0.6) is 0 Å². The Bertz CT molecular complexity index is 1830. The normalized spacial score (nSPS) is 17.2. The first-order chi connectivity index (χ1) is 17.2. The Kier molecular flexibility index (Phi) is 4.54. The number of nitrogens with zero attached hydrogens (tertiary/aromatic N) is 2. The van der Waals surface area contributed by atoms with Gasteiger partial charge in [0, 0.05) is 28.2 Å². The molecule has 35 heavy (non-hydrogen) atoms. The monoisotopic (exact) mass is 473 g/mol. The average Bonchev–Trinajstić information content (AvgIpc) is 3.44. The van der Waals surface area contributed by atoms with E-state index in [2.05, 4.69) is 72.6 Å². The molecule has 1 N–H and O–H groups in total. The Morgan fingerprint density at radius 1 is 1.00 bits per heavy atom. The summed E-state index contributed by atoms with van der Waals surface area (Å²) >= 11 is 1.48. The van der Waals surface area contributed by atoms with Crippen LogP contribution in [0.15, 0.2) is 94.4 Å². The molecule has 3 aromatic carbocycles. The first-order valence-corrected chi connectivity index (χ1v) is 12.7. The summed E-state index contributed by atoms with van der Waals surface area (Å²) in [6.07, 6.45) is 5.85. The average molecular weight is 474 g/mol. The van der Waals surface area contributed by atoms with Crippen molar-refractivity contribution in [1.82, 2.24) is 9.55 Å². The van der Waals surface area contributed by atoms with Gasteiger partial charge >= 0.3 is 0 Å². The zero-order valence-electron chi connectivity index (χ0n) is 19.3. The highest BCUT2D eigenvalue weighted by Crippen LogP contribution is 2.41. The number of benzene rings is 3. The van der Waals surface area contributed by atoms with Crippen LogP contribution in [-0.2, 0) is 6.42 Å². The van der Waals surface area contributed by atoms with E-state index in [4.69, 9.17) is 4.99 Å². The van der Waals surface area contributed by atoms with Crippen molar-refractivity contribution in [3.8, 4) is 0 Å². The van der Waals surface area contributed by atoms with Crippen molar-refractivity contribution in [3.05, 3.63) is 132 Å². The predicted octanol–water partition coefficient (Wildman–Crippen LogP) is 5.11. The zero-order chi connectivity index (χ0) is 23.5. The van der Waals surface area contributed by atoms with Crippen LogP contribution < -0.4 is 14.9 Å². The molecule has 1 aliphatic carbocycles. The van der Waals surface area contributed by atoms with E-state index in [0.717, 1.165) is 45.4 Å². The molecule has 0 fully saturated rings. The molecule has 5 heteroatoms. The molecule has 0 saturated heterocycles. The van der Waals surface area contributed by atoms with Gasteiger partial charge in [-0.1, -0.05) is 83.6 Å². The molecule has 0 amide bonds. The van der Waals surface area contributed by atoms with Gasteiger partial charge < -0.3 is 4.98 Å². The number of H-pyrrole nitrogens is 1. The molecule has 2 aliphatic rings. The lowest BCUT2D eigenvalue weighted by Gasteiger charge is -2.30. The first kappa shape index (κ1) is 20.4. The largest absolute Gasteiger partial charge is 0.361 e. The van der Waals surface area contributed by atoms with Crippen LogP contribution in [0.3, 0.4) is 0 Å². The molecule has 7 rings (SSSR count). The Hall–Kier alpha value is -3.96. The van der Waals surface area contributed by atoms with Gasteiger partial charge in [0.1, 0.15) is 0 Å². The maximum atomic E-state index is 13.9. The Morgan fingerprint density at radius 2 is 1.80 bits per heavy atom. The fourth-order valence-electron chi connectivity index (χ4n) is 5.43. The molecule has 5 aromatic rings. The molecule has 1 aliphatic heterocycles. The minimum atomic E-state index is -0.139. The quantitative estimate of drug-likeness (QED) is 0.381. The fourth-order valence-corrected chi connectivity index (χ4v) is 6.42. The number of nitrogens with one attached hydrogen (secondary N) is 1. The van der Waals surface area contributed by atoms with E-state index in [1.165, 1.54) is 33.6 Å². The minimum absolute atomic E-state index is 0.0232. The van der Waals surface area contributed by atoms with Gasteiger partial charge in [0.05, 0.1) is 16.3 Å². The summed E-state index contributed by atoms with van der Waals surface area (Å²) in [5.41, 5.74) is 9.26. The predicted molar refractivity (Wildman–Crippen MR) is 142 cm³/mol. The molecule has 1 atom stereocenters. The number of fused-ring (bicyclic) bond motifs is 4. The summed E-state index contributed by atoms with van der Waals surface area (Å²) in [4.78, 5) is 23.1. The van der Waals surface area contributed by atoms with Crippen molar-refractivity contribution >= 4 is 34.0 Å². The molecule has 0 bridgehead atoms. The van der Waals surface area contributed by atoms with E-state index in [9.17, 15) is 4.79 Å². The van der Waals surface area contributed by atoms with E-state index in [-0.39, 0.29) is 11.6 Å². The summed E-state index contributed by atoms with van der Waals surface area (Å²) in [7, 11) is 0. The van der Waals surface area contributed by atoms with E-state index in [0.29, 0.717) is 4.53 Å². The van der Waals surface area contributed by atoms with Gasteiger partial charge in [-0.25, -0.2) is 4.99 Å². The van der Waals surface area contributed by atoms with E-state index < -0.39 is 0 Å². The molecule has 4 nitrogen and oxygen atoms in total. The fraction of sp³-hybridized carbons (Fsp3) is 0.133. The second-order valence-corrected chi connectivity index (χ2v) is 10.3. The summed E-state index contributed by atoms with van der Waals surface area (Å²) < 4.78 is 2.63. The summed E-state index contributed by atoms with van der Waals surface area (Å²) in [6, 6.07) is 25.2. The number of aromatic amines is 1. The molecule has 2 aromatic heterocycles. The van der Waals surface area contributed by atoms with E-state index >= 15 is 0 Å². The molecule has 3 heterocycles. The van der Waals surface area contributed by atoms with Crippen molar-refractivity contribution in [2.45, 2.75) is 25.8 Å². The molecule has 170 valence electrons. The van der Waals surface area contributed by atoms with Gasteiger partial charge in [-0.3, -0.25) is 9.36 Å². The van der Waals surface area contributed by atoms with Gasteiger partial charge in [0.15, 0.2) is 4.80 Å². The third-order valence-electron chi connectivity index (χ3n) is 7.17. The summed E-state index contributed by atoms with van der Waals surface area (Å²) in [6.45, 7) is 2.10. The van der Waals surface area contributed by atoms with Gasteiger partial charge in [-0.2, -0.15) is 0 Å². The first-order valence-electron chi connectivity index (χ1n) is 11.9. The third kappa shape index (κ3) is 3.19. The van der Waals surface area contributed by atoms with Crippen LogP contribution in [0.25, 0.3) is 22.7 Å². The van der Waals surface area contributed by atoms with Crippen LogP contribution >= 0.6 is 11.3 Å². The number of para-hydroxylation sites is 1. The lowest BCUT2D eigenvalue weighted by molar-refractivity contribution is 0.585. The van der Waals surface area contributed by atoms with Crippen molar-refractivity contribution < 1.29 is 0 Å². The summed E-state index contributed by atoms with van der Waals surface area (Å²) in [5.74, 6) is 0. The number of aryl methyl sites for hydroxylation is 2. The smallest absolute Gasteiger partial charge is 0.271 e. The molecule has 0 saturated carbocycles. The SMILES string of the molecule is Cc1ccc([C@@H]2C3=C(N=c4s/c(=C\c5c[nH]c6ccccc56)c(=O)n42)c2ccccc2CC3)cc1. The maximum absolute atomic E-state index is 13.9. The van der Waals surface area contributed by atoms with Crippen LogP contribution in [-0.4, -0.2) is 9.55 Å². The number of thiazole rings is 1. The highest BCUT2D eigenvalue weighted by Gasteiger charge is 2.32. The highest BCUT2D eigenvalue weighted by molar-refractivity contribution is 7.07. The molecule has 0 spiro atoms. The standard InChI is InChI=1S/C30H23N3OS/c1-18-10-12-20(13-11-18)28-24-15-14-19-6-2-3-8-23(19)27(24)32-30-33(28)29(34)26(35-30)16-21-17-31-25-9-5-4-7-22(21)25/h2-13,16-17,28,31H,14-15H2,1H3/b26-16-/t28-/m1/s1. The summed E-state index contributed by atoms with van der Waals surface area (Å²) in [5, 5.41) is 1.11. The number of rotatable bonds is 2. The highest BCUT2D eigenvalue weighted by atomic mass is 32.1. The topological polar surface area (TPSA) is 50.1 Å². The molecule has 0 unspecified atom stereocenters. The van der Waals surface area contributed by atoms with Crippen LogP contribution in [0, 0.1) is 6.92 Å². The maximum Gasteiger partial charge on any atom is 0.271 e.